The van der Waals surface area contributed by atoms with E-state index in [9.17, 15) is 14.8 Å². The average Bonchev–Trinajstić information content (AvgIpc) is 2.47. The first-order valence-corrected chi connectivity index (χ1v) is 9.38. The fourth-order valence-corrected chi connectivity index (χ4v) is 3.71. The van der Waals surface area contributed by atoms with Gasteiger partial charge >= 0.3 is 0 Å². The molecule has 134 valence electrons. The smallest absolute Gasteiger partial charge is 0.262 e. The molecule has 23 heavy (non-hydrogen) atoms. The quantitative estimate of drug-likeness (QED) is 0.225. The van der Waals surface area contributed by atoms with Crippen LogP contribution in [0.1, 0.15) is 13.8 Å². The van der Waals surface area contributed by atoms with Crippen LogP contribution >= 0.6 is 7.37 Å². The third-order valence-electron chi connectivity index (χ3n) is 3.62. The van der Waals surface area contributed by atoms with E-state index in [-0.39, 0.29) is 18.1 Å². The summed E-state index contributed by atoms with van der Waals surface area (Å²) in [4.78, 5) is 4.04. The minimum Gasteiger partial charge on any atom is -0.481 e. The molecule has 1 heterocycles. The Balaban J connectivity index is 3.21. The van der Waals surface area contributed by atoms with Crippen LogP contribution in [0, 0.1) is 5.92 Å². The lowest BCUT2D eigenvalue weighted by molar-refractivity contribution is -0.105. The van der Waals surface area contributed by atoms with Crippen LogP contribution in [0.25, 0.3) is 0 Å². The largest absolute Gasteiger partial charge is 0.481 e. The molecule has 0 amide bonds. The number of ether oxygens (including phenoxy) is 1. The maximum absolute atomic E-state index is 12.6. The number of hydrogen-bond acceptors (Lipinski definition) is 7. The first-order valence-electron chi connectivity index (χ1n) is 7.30. The Kier molecular flexibility index (Phi) is 7.03. The molecular weight excluding hydrogens is 325 g/mol. The van der Waals surface area contributed by atoms with Crippen LogP contribution in [0.3, 0.4) is 0 Å². The van der Waals surface area contributed by atoms with Gasteiger partial charge < -0.3 is 36.0 Å². The molecular formula is C13H26N3O6P. The second kappa shape index (κ2) is 8.12. The maximum atomic E-state index is 12.6. The number of hydrogen-bond donors (Lipinski definition) is 5. The first-order chi connectivity index (χ1) is 10.6. The Morgan fingerprint density at radius 3 is 2.61 bits per heavy atom. The SMILES string of the molecule is CCOP(C)(=O)C1=C[C@H](N=C(N)N)[C@@H](C)[C@H]([C@H](O)[C@H](O)CO)O1. The average molecular weight is 351 g/mol. The fraction of sp³-hybridized carbons (Fsp3) is 0.769. The summed E-state index contributed by atoms with van der Waals surface area (Å²) in [7, 11) is -3.26. The summed E-state index contributed by atoms with van der Waals surface area (Å²) in [5.41, 5.74) is 10.9. The first kappa shape index (κ1) is 19.9. The highest BCUT2D eigenvalue weighted by Gasteiger charge is 2.42. The Bertz CT molecular complexity index is 508. The van der Waals surface area contributed by atoms with Gasteiger partial charge in [0.25, 0.3) is 7.37 Å². The molecule has 0 saturated carbocycles. The minimum atomic E-state index is -3.26. The predicted octanol–water partition coefficient (Wildman–Crippen LogP) is -0.837. The lowest BCUT2D eigenvalue weighted by atomic mass is 9.89. The van der Waals surface area contributed by atoms with Gasteiger partial charge in [0.05, 0.1) is 19.3 Å². The molecule has 0 aliphatic carbocycles. The Hall–Kier alpha value is -1.12. The van der Waals surface area contributed by atoms with Gasteiger partial charge in [-0.2, -0.15) is 0 Å². The summed E-state index contributed by atoms with van der Waals surface area (Å²) in [5.74, 6) is -0.601. The van der Waals surface area contributed by atoms with Crippen LogP contribution in [-0.4, -0.2) is 65.5 Å². The monoisotopic (exact) mass is 351 g/mol. The fourth-order valence-electron chi connectivity index (χ4n) is 2.35. The molecule has 6 atom stereocenters. The van der Waals surface area contributed by atoms with Crippen molar-refractivity contribution in [1.29, 1.82) is 0 Å². The maximum Gasteiger partial charge on any atom is 0.262 e. The summed E-state index contributed by atoms with van der Waals surface area (Å²) >= 11 is 0. The topological polar surface area (TPSA) is 161 Å². The minimum absolute atomic E-state index is 0.0293. The molecule has 0 saturated heterocycles. The Morgan fingerprint density at radius 1 is 1.52 bits per heavy atom. The summed E-state index contributed by atoms with van der Waals surface area (Å²) in [5, 5.41) is 28.9. The van der Waals surface area contributed by atoms with E-state index >= 15 is 0 Å². The van der Waals surface area contributed by atoms with E-state index in [4.69, 9.17) is 25.8 Å². The van der Waals surface area contributed by atoms with Crippen molar-refractivity contribution in [1.82, 2.24) is 0 Å². The Morgan fingerprint density at radius 2 is 2.13 bits per heavy atom. The zero-order valence-electron chi connectivity index (χ0n) is 13.5. The van der Waals surface area contributed by atoms with Gasteiger partial charge in [0.15, 0.2) is 11.5 Å². The second-order valence-corrected chi connectivity index (χ2v) is 7.89. The lowest BCUT2D eigenvalue weighted by Crippen LogP contribution is -2.49. The van der Waals surface area contributed by atoms with Gasteiger partial charge in [-0.15, -0.1) is 0 Å². The van der Waals surface area contributed by atoms with Crippen molar-refractivity contribution in [3.63, 3.8) is 0 Å². The molecule has 1 rings (SSSR count). The van der Waals surface area contributed by atoms with E-state index in [2.05, 4.69) is 4.99 Å². The molecule has 0 radical (unpaired) electrons. The summed E-state index contributed by atoms with van der Waals surface area (Å²) in [6.45, 7) is 4.36. The molecule has 0 aromatic heterocycles. The van der Waals surface area contributed by atoms with E-state index in [0.717, 1.165) is 0 Å². The molecule has 1 aliphatic heterocycles. The molecule has 0 spiro atoms. The van der Waals surface area contributed by atoms with Crippen LogP contribution in [-0.2, 0) is 13.8 Å². The van der Waals surface area contributed by atoms with Crippen LogP contribution in [0.2, 0.25) is 0 Å². The summed E-state index contributed by atoms with van der Waals surface area (Å²) < 4.78 is 23.4. The highest BCUT2D eigenvalue weighted by molar-refractivity contribution is 7.62. The highest BCUT2D eigenvalue weighted by Crippen LogP contribution is 2.54. The van der Waals surface area contributed by atoms with Crippen molar-refractivity contribution >= 4 is 13.3 Å². The normalized spacial score (nSPS) is 29.7. The van der Waals surface area contributed by atoms with Gasteiger partial charge in [0.2, 0.25) is 0 Å². The lowest BCUT2D eigenvalue weighted by Gasteiger charge is -2.38. The summed E-state index contributed by atoms with van der Waals surface area (Å²) in [6, 6.07) is -0.608. The molecule has 1 unspecified atom stereocenters. The highest BCUT2D eigenvalue weighted by atomic mass is 31.2. The predicted molar refractivity (Wildman–Crippen MR) is 86.0 cm³/mol. The van der Waals surface area contributed by atoms with Crippen molar-refractivity contribution in [2.45, 2.75) is 38.2 Å². The number of aliphatic hydroxyl groups is 3. The molecule has 9 nitrogen and oxygen atoms in total. The summed E-state index contributed by atoms with van der Waals surface area (Å²) in [6.07, 6.45) is -2.28. The number of nitrogens with zero attached hydrogens (tertiary/aromatic N) is 1. The van der Waals surface area contributed by atoms with E-state index < -0.39 is 44.2 Å². The molecule has 0 bridgehead atoms. The Labute approximate surface area is 135 Å². The van der Waals surface area contributed by atoms with Crippen LogP contribution < -0.4 is 11.5 Å². The van der Waals surface area contributed by atoms with Gasteiger partial charge in [-0.05, 0) is 13.0 Å². The zero-order chi connectivity index (χ0) is 17.8. The van der Waals surface area contributed by atoms with Gasteiger partial charge in [-0.3, -0.25) is 4.57 Å². The molecule has 0 aromatic carbocycles. The number of rotatable bonds is 7. The van der Waals surface area contributed by atoms with Crippen molar-refractivity contribution in [3.05, 3.63) is 11.6 Å². The van der Waals surface area contributed by atoms with Crippen LogP contribution in [0.15, 0.2) is 16.6 Å². The van der Waals surface area contributed by atoms with Gasteiger partial charge in [0, 0.05) is 12.6 Å². The molecule has 0 fully saturated rings. The number of aliphatic hydroxyl groups excluding tert-OH is 3. The molecule has 1 aliphatic rings. The van der Waals surface area contributed by atoms with Crippen molar-refractivity contribution in [3.8, 4) is 0 Å². The second-order valence-electron chi connectivity index (χ2n) is 5.50. The van der Waals surface area contributed by atoms with Crippen molar-refractivity contribution in [2.24, 2.45) is 22.4 Å². The van der Waals surface area contributed by atoms with Crippen molar-refractivity contribution < 1.29 is 29.1 Å². The van der Waals surface area contributed by atoms with Gasteiger partial charge in [-0.25, -0.2) is 4.99 Å². The number of guanidine groups is 1. The molecule has 7 N–H and O–H groups in total. The molecule has 0 aromatic rings. The standard InChI is InChI=1S/C13H26N3O6P/c1-4-21-23(3,20)10-5-8(16-13(14)15)7(2)12(22-10)11(19)9(18)6-17/h5,7-9,11-12,17-19H,4,6H2,1-3H3,(H4,14,15,16)/t7-,8+,9-,11-,12-,23?/m1/s1. The van der Waals surface area contributed by atoms with Gasteiger partial charge in [0.1, 0.15) is 18.3 Å². The number of aliphatic imine (C=N–C) groups is 1. The zero-order valence-corrected chi connectivity index (χ0v) is 14.4. The van der Waals surface area contributed by atoms with E-state index in [0.29, 0.717) is 0 Å². The van der Waals surface area contributed by atoms with Gasteiger partial charge in [-0.1, -0.05) is 6.92 Å². The molecule has 10 heteroatoms. The van der Waals surface area contributed by atoms with Crippen LogP contribution in [0.4, 0.5) is 0 Å². The third-order valence-corrected chi connectivity index (χ3v) is 5.42. The van der Waals surface area contributed by atoms with Crippen molar-refractivity contribution in [2.75, 3.05) is 19.9 Å². The number of nitrogens with two attached hydrogens (primary N) is 2. The van der Waals surface area contributed by atoms with E-state index in [1.807, 2.05) is 0 Å². The van der Waals surface area contributed by atoms with Crippen LogP contribution in [0.5, 0.6) is 0 Å². The third kappa shape index (κ3) is 4.92. The van der Waals surface area contributed by atoms with E-state index in [1.54, 1.807) is 13.8 Å². The van der Waals surface area contributed by atoms with E-state index in [1.165, 1.54) is 12.7 Å².